The molecule has 0 saturated carbocycles. The lowest BCUT2D eigenvalue weighted by molar-refractivity contribution is 0.195. The van der Waals surface area contributed by atoms with Crippen LogP contribution in [0.3, 0.4) is 0 Å². The van der Waals surface area contributed by atoms with Gasteiger partial charge in [-0.05, 0) is 13.8 Å². The molecule has 0 radical (unpaired) electrons. The Kier molecular flexibility index (Phi) is 4.56. The number of amides is 2. The van der Waals surface area contributed by atoms with Crippen LogP contribution in [0.15, 0.2) is 10.7 Å². The first-order valence-electron chi connectivity index (χ1n) is 6.80. The SMILES string of the molecule is CCN(Cc1noc(C)n1)C(=O)NCc1cnn(C)c1C. The van der Waals surface area contributed by atoms with Crippen LogP contribution in [0.25, 0.3) is 0 Å². The third-order valence-corrected chi connectivity index (χ3v) is 3.34. The summed E-state index contributed by atoms with van der Waals surface area (Å²) < 4.78 is 6.69. The zero-order valence-corrected chi connectivity index (χ0v) is 12.8. The first kappa shape index (κ1) is 15.0. The first-order valence-corrected chi connectivity index (χ1v) is 6.80. The quantitative estimate of drug-likeness (QED) is 0.893. The maximum atomic E-state index is 12.2. The number of hydrogen-bond donors (Lipinski definition) is 1. The Bertz CT molecular complexity index is 618. The second-order valence-electron chi connectivity index (χ2n) is 4.78. The molecule has 0 spiro atoms. The molecule has 0 saturated heterocycles. The largest absolute Gasteiger partial charge is 0.340 e. The molecule has 0 bridgehead atoms. The molecule has 2 amide bonds. The highest BCUT2D eigenvalue weighted by molar-refractivity contribution is 5.74. The standard InChI is InChI=1S/C13H20N6O2/c1-5-19(8-12-16-10(3)21-17-12)13(20)14-6-11-7-15-18(4)9(11)2/h7H,5-6,8H2,1-4H3,(H,14,20). The van der Waals surface area contributed by atoms with Crippen molar-refractivity contribution in [3.05, 3.63) is 29.2 Å². The Morgan fingerprint density at radius 2 is 2.24 bits per heavy atom. The summed E-state index contributed by atoms with van der Waals surface area (Å²) in [4.78, 5) is 17.9. The van der Waals surface area contributed by atoms with Crippen LogP contribution in [0.4, 0.5) is 4.79 Å². The van der Waals surface area contributed by atoms with Gasteiger partial charge >= 0.3 is 6.03 Å². The summed E-state index contributed by atoms with van der Waals surface area (Å²) in [7, 11) is 1.87. The summed E-state index contributed by atoms with van der Waals surface area (Å²) in [5.41, 5.74) is 2.03. The van der Waals surface area contributed by atoms with Crippen molar-refractivity contribution in [1.82, 2.24) is 30.1 Å². The number of nitrogens with one attached hydrogen (secondary N) is 1. The molecule has 0 fully saturated rings. The Morgan fingerprint density at radius 1 is 1.48 bits per heavy atom. The fraction of sp³-hybridized carbons (Fsp3) is 0.538. The van der Waals surface area contributed by atoms with E-state index in [4.69, 9.17) is 4.52 Å². The van der Waals surface area contributed by atoms with Crippen molar-refractivity contribution in [2.24, 2.45) is 7.05 Å². The minimum atomic E-state index is -0.164. The minimum Gasteiger partial charge on any atom is -0.340 e. The Morgan fingerprint density at radius 3 is 2.76 bits per heavy atom. The van der Waals surface area contributed by atoms with E-state index >= 15 is 0 Å². The number of nitrogens with zero attached hydrogens (tertiary/aromatic N) is 5. The summed E-state index contributed by atoms with van der Waals surface area (Å²) in [6, 6.07) is -0.164. The van der Waals surface area contributed by atoms with E-state index in [1.165, 1.54) is 0 Å². The molecule has 0 atom stereocenters. The molecular formula is C13H20N6O2. The van der Waals surface area contributed by atoms with Gasteiger partial charge in [-0.3, -0.25) is 4.68 Å². The molecule has 1 N–H and O–H groups in total. The molecule has 0 aliphatic carbocycles. The van der Waals surface area contributed by atoms with Gasteiger partial charge in [0, 0.05) is 38.3 Å². The van der Waals surface area contributed by atoms with Crippen LogP contribution in [-0.4, -0.2) is 37.4 Å². The predicted molar refractivity (Wildman–Crippen MR) is 75.3 cm³/mol. The van der Waals surface area contributed by atoms with Crippen LogP contribution in [0, 0.1) is 13.8 Å². The van der Waals surface area contributed by atoms with E-state index < -0.39 is 0 Å². The zero-order valence-electron chi connectivity index (χ0n) is 12.8. The van der Waals surface area contributed by atoms with Gasteiger partial charge in [0.05, 0.1) is 12.7 Å². The Labute approximate surface area is 123 Å². The van der Waals surface area contributed by atoms with Gasteiger partial charge in [0.25, 0.3) is 0 Å². The van der Waals surface area contributed by atoms with Crippen LogP contribution in [-0.2, 0) is 20.1 Å². The third kappa shape index (κ3) is 3.59. The molecule has 0 aromatic carbocycles. The van der Waals surface area contributed by atoms with Gasteiger partial charge in [-0.25, -0.2) is 4.79 Å². The molecule has 114 valence electrons. The molecule has 0 aliphatic rings. The maximum absolute atomic E-state index is 12.2. The van der Waals surface area contributed by atoms with Crippen molar-refractivity contribution in [3.8, 4) is 0 Å². The second kappa shape index (κ2) is 6.38. The molecule has 2 aromatic rings. The summed E-state index contributed by atoms with van der Waals surface area (Å²) in [5, 5.41) is 10.8. The Balaban J connectivity index is 1.92. The summed E-state index contributed by atoms with van der Waals surface area (Å²) in [6.45, 7) is 6.92. The van der Waals surface area contributed by atoms with Crippen LogP contribution in [0.2, 0.25) is 0 Å². The molecule has 0 aliphatic heterocycles. The van der Waals surface area contributed by atoms with Crippen molar-refractivity contribution < 1.29 is 9.32 Å². The van der Waals surface area contributed by atoms with Crippen molar-refractivity contribution in [3.63, 3.8) is 0 Å². The van der Waals surface area contributed by atoms with Crippen molar-refractivity contribution in [1.29, 1.82) is 0 Å². The minimum absolute atomic E-state index is 0.164. The van der Waals surface area contributed by atoms with Gasteiger partial charge < -0.3 is 14.7 Å². The fourth-order valence-corrected chi connectivity index (χ4v) is 1.90. The number of rotatable bonds is 5. The number of aromatic nitrogens is 4. The molecule has 0 unspecified atom stereocenters. The summed E-state index contributed by atoms with van der Waals surface area (Å²) in [5.74, 6) is 0.995. The highest BCUT2D eigenvalue weighted by Gasteiger charge is 2.15. The van der Waals surface area contributed by atoms with E-state index in [0.29, 0.717) is 31.3 Å². The third-order valence-electron chi connectivity index (χ3n) is 3.34. The van der Waals surface area contributed by atoms with Gasteiger partial charge in [0.15, 0.2) is 5.82 Å². The molecule has 2 aromatic heterocycles. The van der Waals surface area contributed by atoms with Gasteiger partial charge in [-0.1, -0.05) is 5.16 Å². The normalized spacial score (nSPS) is 10.7. The number of hydrogen-bond acceptors (Lipinski definition) is 5. The Hall–Kier alpha value is -2.38. The predicted octanol–water partition coefficient (Wildman–Crippen LogP) is 1.15. The van der Waals surface area contributed by atoms with Gasteiger partial charge in [-0.15, -0.1) is 0 Å². The monoisotopic (exact) mass is 292 g/mol. The molecule has 8 heteroatoms. The maximum Gasteiger partial charge on any atom is 0.318 e. The van der Waals surface area contributed by atoms with Crippen molar-refractivity contribution in [2.75, 3.05) is 6.54 Å². The van der Waals surface area contributed by atoms with E-state index in [2.05, 4.69) is 20.6 Å². The van der Waals surface area contributed by atoms with Crippen molar-refractivity contribution >= 4 is 6.03 Å². The average Bonchev–Trinajstić information content (AvgIpc) is 3.01. The van der Waals surface area contributed by atoms with Gasteiger partial charge in [-0.2, -0.15) is 10.1 Å². The number of urea groups is 1. The second-order valence-corrected chi connectivity index (χ2v) is 4.78. The van der Waals surface area contributed by atoms with E-state index in [9.17, 15) is 4.79 Å². The summed E-state index contributed by atoms with van der Waals surface area (Å²) >= 11 is 0. The van der Waals surface area contributed by atoms with E-state index in [1.54, 1.807) is 22.7 Å². The molecule has 2 heterocycles. The smallest absolute Gasteiger partial charge is 0.318 e. The first-order chi connectivity index (χ1) is 10.0. The highest BCUT2D eigenvalue weighted by Crippen LogP contribution is 2.06. The van der Waals surface area contributed by atoms with Crippen LogP contribution < -0.4 is 5.32 Å². The lowest BCUT2D eigenvalue weighted by Crippen LogP contribution is -2.39. The van der Waals surface area contributed by atoms with E-state index in [1.807, 2.05) is 20.9 Å². The van der Waals surface area contributed by atoms with Crippen LogP contribution in [0.5, 0.6) is 0 Å². The number of carbonyl (C=O) groups excluding carboxylic acids is 1. The number of aryl methyl sites for hydroxylation is 2. The van der Waals surface area contributed by atoms with Gasteiger partial charge in [0.1, 0.15) is 0 Å². The highest BCUT2D eigenvalue weighted by atomic mass is 16.5. The van der Waals surface area contributed by atoms with Crippen molar-refractivity contribution in [2.45, 2.75) is 33.9 Å². The molecule has 21 heavy (non-hydrogen) atoms. The fourth-order valence-electron chi connectivity index (χ4n) is 1.90. The average molecular weight is 292 g/mol. The van der Waals surface area contributed by atoms with Gasteiger partial charge in [0.2, 0.25) is 5.89 Å². The molecular weight excluding hydrogens is 272 g/mol. The lowest BCUT2D eigenvalue weighted by Gasteiger charge is -2.19. The number of carbonyl (C=O) groups is 1. The van der Waals surface area contributed by atoms with Crippen LogP contribution in [0.1, 0.15) is 29.9 Å². The lowest BCUT2D eigenvalue weighted by atomic mass is 10.2. The van der Waals surface area contributed by atoms with Crippen LogP contribution >= 0.6 is 0 Å². The zero-order chi connectivity index (χ0) is 15.4. The topological polar surface area (TPSA) is 89.1 Å². The van der Waals surface area contributed by atoms with E-state index in [0.717, 1.165) is 11.3 Å². The summed E-state index contributed by atoms with van der Waals surface area (Å²) in [6.07, 6.45) is 1.76. The molecule has 8 nitrogen and oxygen atoms in total. The van der Waals surface area contributed by atoms with E-state index in [-0.39, 0.29) is 6.03 Å². The molecule has 2 rings (SSSR count).